The quantitative estimate of drug-likeness (QED) is 0.285. The zero-order valence-corrected chi connectivity index (χ0v) is 16.3. The SMILES string of the molecule is Cc1ccc2oc3cc4c(cc3c2c1)OB1c2cccc3c2-c2c(ccc[n+]2C3)N14. The second-order valence-corrected chi connectivity index (χ2v) is 8.51. The first kappa shape index (κ1) is 15.2. The van der Waals surface area contributed by atoms with E-state index in [-0.39, 0.29) is 7.05 Å². The number of rotatable bonds is 0. The standard InChI is InChI=1S/C25H16BN2O2/c1-14-7-8-21-16(10-14)17-11-23-20(12-22(17)29-21)28-19-6-3-9-27-13-15-4-2-5-18(26(28)30-23)24(15)25(19)27/h2-12H,13H2,1H3/q+1. The van der Waals surface area contributed by atoms with Gasteiger partial charge in [-0.1, -0.05) is 29.8 Å². The fourth-order valence-corrected chi connectivity index (χ4v) is 5.51. The summed E-state index contributed by atoms with van der Waals surface area (Å²) in [6.07, 6.45) is 2.17. The highest BCUT2D eigenvalue weighted by molar-refractivity contribution is 6.77. The van der Waals surface area contributed by atoms with Gasteiger partial charge < -0.3 is 13.9 Å². The molecule has 2 aromatic heterocycles. The Bertz CT molecular complexity index is 1590. The van der Waals surface area contributed by atoms with E-state index in [4.69, 9.17) is 9.07 Å². The molecular weight excluding hydrogens is 371 g/mol. The molecule has 5 heteroatoms. The van der Waals surface area contributed by atoms with Crippen molar-refractivity contribution in [2.24, 2.45) is 0 Å². The average Bonchev–Trinajstić information content (AvgIpc) is 3.42. The molecule has 30 heavy (non-hydrogen) atoms. The number of furan rings is 1. The van der Waals surface area contributed by atoms with Gasteiger partial charge in [0.1, 0.15) is 22.6 Å². The highest BCUT2D eigenvalue weighted by Crippen LogP contribution is 2.49. The highest BCUT2D eigenvalue weighted by atomic mass is 16.5. The van der Waals surface area contributed by atoms with Gasteiger partial charge in [0.05, 0.1) is 11.3 Å². The van der Waals surface area contributed by atoms with Crippen molar-refractivity contribution in [3.63, 3.8) is 0 Å². The molecule has 0 unspecified atom stereocenters. The van der Waals surface area contributed by atoms with Crippen LogP contribution in [0.4, 0.5) is 11.4 Å². The molecule has 5 heterocycles. The van der Waals surface area contributed by atoms with E-state index in [1.54, 1.807) is 0 Å². The predicted molar refractivity (Wildman–Crippen MR) is 118 cm³/mol. The third kappa shape index (κ3) is 1.65. The summed E-state index contributed by atoms with van der Waals surface area (Å²) in [6.45, 7) is 3.03. The molecule has 0 saturated heterocycles. The van der Waals surface area contributed by atoms with Crippen LogP contribution in [-0.2, 0) is 6.54 Å². The lowest BCUT2D eigenvalue weighted by molar-refractivity contribution is -0.671. The maximum absolute atomic E-state index is 6.60. The molecule has 3 aliphatic rings. The number of fused-ring (bicyclic) bond motifs is 8. The van der Waals surface area contributed by atoms with E-state index >= 15 is 0 Å². The fraction of sp³-hybridized carbons (Fsp3) is 0.0800. The Hall–Kier alpha value is -3.73. The number of nitrogens with zero attached hydrogens (tertiary/aromatic N) is 2. The van der Waals surface area contributed by atoms with Crippen molar-refractivity contribution in [2.75, 3.05) is 4.81 Å². The number of hydrogen-bond donors (Lipinski definition) is 0. The summed E-state index contributed by atoms with van der Waals surface area (Å²) in [4.78, 5) is 2.33. The van der Waals surface area contributed by atoms with Gasteiger partial charge in [-0.05, 0) is 31.2 Å². The molecule has 0 atom stereocenters. The largest absolute Gasteiger partial charge is 0.536 e. The number of anilines is 2. The van der Waals surface area contributed by atoms with Gasteiger partial charge in [0, 0.05) is 33.9 Å². The Labute approximate surface area is 173 Å². The topological polar surface area (TPSA) is 29.5 Å². The molecule has 140 valence electrons. The zero-order valence-electron chi connectivity index (χ0n) is 16.3. The third-order valence-electron chi connectivity index (χ3n) is 6.77. The zero-order chi connectivity index (χ0) is 19.6. The lowest BCUT2D eigenvalue weighted by Gasteiger charge is -2.27. The summed E-state index contributed by atoms with van der Waals surface area (Å²) in [6, 6.07) is 21.6. The molecule has 3 aliphatic heterocycles. The molecule has 8 rings (SSSR count). The van der Waals surface area contributed by atoms with Crippen LogP contribution in [-0.4, -0.2) is 7.05 Å². The molecule has 4 nitrogen and oxygen atoms in total. The Kier molecular flexibility index (Phi) is 2.46. The highest BCUT2D eigenvalue weighted by Gasteiger charge is 2.50. The van der Waals surface area contributed by atoms with E-state index in [0.717, 1.165) is 39.9 Å². The van der Waals surface area contributed by atoms with Gasteiger partial charge in [-0.25, -0.2) is 0 Å². The molecule has 0 radical (unpaired) electrons. The number of hydrogen-bond acceptors (Lipinski definition) is 3. The van der Waals surface area contributed by atoms with E-state index in [0.29, 0.717) is 0 Å². The fourth-order valence-electron chi connectivity index (χ4n) is 5.51. The molecule has 3 aromatic carbocycles. The van der Waals surface area contributed by atoms with Crippen molar-refractivity contribution in [3.05, 3.63) is 78.0 Å². The van der Waals surface area contributed by atoms with Gasteiger partial charge in [0.25, 0.3) is 0 Å². The van der Waals surface area contributed by atoms with Crippen molar-refractivity contribution < 1.29 is 13.6 Å². The maximum atomic E-state index is 6.60. The maximum Gasteiger partial charge on any atom is 0.525 e. The summed E-state index contributed by atoms with van der Waals surface area (Å²) in [5.41, 5.74) is 10.6. The molecular formula is C25H16BN2O2+. The minimum atomic E-state index is -0.143. The molecule has 0 amide bonds. The van der Waals surface area contributed by atoms with Crippen molar-refractivity contribution in [1.82, 2.24) is 0 Å². The first-order valence-electron chi connectivity index (χ1n) is 10.3. The van der Waals surface area contributed by atoms with Crippen LogP contribution >= 0.6 is 0 Å². The normalized spacial score (nSPS) is 14.8. The minimum Gasteiger partial charge on any atom is -0.536 e. The molecule has 0 fully saturated rings. The van der Waals surface area contributed by atoms with Crippen molar-refractivity contribution in [1.29, 1.82) is 0 Å². The van der Waals surface area contributed by atoms with Crippen LogP contribution in [0.15, 0.2) is 71.3 Å². The van der Waals surface area contributed by atoms with Crippen LogP contribution < -0.4 is 19.5 Å². The van der Waals surface area contributed by atoms with Crippen LogP contribution in [0.3, 0.4) is 0 Å². The second kappa shape index (κ2) is 4.87. The Balaban J connectivity index is 1.44. The lowest BCUT2D eigenvalue weighted by atomic mass is 9.65. The second-order valence-electron chi connectivity index (χ2n) is 8.51. The van der Waals surface area contributed by atoms with Gasteiger partial charge in [-0.3, -0.25) is 0 Å². The Morgan fingerprint density at radius 2 is 1.87 bits per heavy atom. The third-order valence-corrected chi connectivity index (χ3v) is 6.77. The van der Waals surface area contributed by atoms with Gasteiger partial charge in [-0.15, -0.1) is 0 Å². The van der Waals surface area contributed by atoms with Crippen molar-refractivity contribution >= 4 is 45.8 Å². The van der Waals surface area contributed by atoms with Crippen LogP contribution in [0.25, 0.3) is 33.2 Å². The predicted octanol–water partition coefficient (Wildman–Crippen LogP) is 4.45. The molecule has 0 N–H and O–H groups in total. The number of aromatic nitrogens is 1. The van der Waals surface area contributed by atoms with Crippen LogP contribution in [0.1, 0.15) is 11.1 Å². The number of benzene rings is 3. The first-order valence-corrected chi connectivity index (χ1v) is 10.3. The summed E-state index contributed by atoms with van der Waals surface area (Å²) >= 11 is 0. The smallest absolute Gasteiger partial charge is 0.525 e. The van der Waals surface area contributed by atoms with Crippen LogP contribution in [0.2, 0.25) is 0 Å². The monoisotopic (exact) mass is 387 g/mol. The molecule has 5 aromatic rings. The van der Waals surface area contributed by atoms with Crippen molar-refractivity contribution in [3.8, 4) is 17.0 Å². The van der Waals surface area contributed by atoms with Gasteiger partial charge in [0.2, 0.25) is 5.69 Å². The summed E-state index contributed by atoms with van der Waals surface area (Å²) in [5.74, 6) is 0.914. The summed E-state index contributed by atoms with van der Waals surface area (Å²) in [5, 5.41) is 2.25. The molecule has 0 spiro atoms. The van der Waals surface area contributed by atoms with Crippen LogP contribution in [0, 0.1) is 6.92 Å². The van der Waals surface area contributed by atoms with Crippen LogP contribution in [0.5, 0.6) is 5.75 Å². The Morgan fingerprint density at radius 1 is 0.933 bits per heavy atom. The Morgan fingerprint density at radius 3 is 2.83 bits per heavy atom. The first-order chi connectivity index (χ1) is 14.8. The summed E-state index contributed by atoms with van der Waals surface area (Å²) < 4.78 is 15.2. The van der Waals surface area contributed by atoms with Gasteiger partial charge in [0.15, 0.2) is 12.7 Å². The molecule has 0 saturated carbocycles. The lowest BCUT2D eigenvalue weighted by Crippen LogP contribution is -2.51. The van der Waals surface area contributed by atoms with E-state index < -0.39 is 0 Å². The van der Waals surface area contributed by atoms with Gasteiger partial charge >= 0.3 is 7.05 Å². The van der Waals surface area contributed by atoms with Crippen molar-refractivity contribution in [2.45, 2.75) is 13.5 Å². The van der Waals surface area contributed by atoms with E-state index in [1.807, 2.05) is 0 Å². The number of aryl methyl sites for hydroxylation is 1. The van der Waals surface area contributed by atoms with E-state index in [1.165, 1.54) is 33.5 Å². The summed E-state index contributed by atoms with van der Waals surface area (Å²) in [7, 11) is -0.143. The molecule has 0 bridgehead atoms. The minimum absolute atomic E-state index is 0.143. The van der Waals surface area contributed by atoms with Gasteiger partial charge in [-0.2, -0.15) is 4.57 Å². The van der Waals surface area contributed by atoms with E-state index in [9.17, 15) is 0 Å². The van der Waals surface area contributed by atoms with E-state index in [2.05, 4.69) is 83.2 Å². The number of pyridine rings is 1. The molecule has 0 aliphatic carbocycles. The average molecular weight is 387 g/mol.